The second kappa shape index (κ2) is 7.35. The molecule has 11 heteroatoms. The summed E-state index contributed by atoms with van der Waals surface area (Å²) in [6.07, 6.45) is -0.708. The molecule has 2 aromatic rings. The van der Waals surface area contributed by atoms with Gasteiger partial charge in [-0.2, -0.15) is 0 Å². The lowest BCUT2D eigenvalue weighted by Gasteiger charge is -2.28. The molecule has 1 aliphatic heterocycles. The Hall–Kier alpha value is -3.34. The first-order chi connectivity index (χ1) is 13.2. The minimum atomic E-state index is -4.58. The number of carboxylic acid groups (broad SMARTS) is 1. The molecule has 0 saturated carbocycles. The SMILES string of the molecule is O=C(O)CN1C(CC(=O)Oc2ccccc2)=Nc2cc(F)c(F)cc2S1(=O)=O. The summed E-state index contributed by atoms with van der Waals surface area (Å²) in [5.41, 5.74) is -0.442. The fourth-order valence-electron chi connectivity index (χ4n) is 2.48. The van der Waals surface area contributed by atoms with E-state index in [1.807, 2.05) is 0 Å². The van der Waals surface area contributed by atoms with Crippen LogP contribution in [-0.4, -0.2) is 42.1 Å². The van der Waals surface area contributed by atoms with Crippen LogP contribution in [0, 0.1) is 11.6 Å². The van der Waals surface area contributed by atoms with Gasteiger partial charge in [0.2, 0.25) is 0 Å². The fourth-order valence-corrected chi connectivity index (χ4v) is 4.00. The monoisotopic (exact) mass is 410 g/mol. The van der Waals surface area contributed by atoms with Gasteiger partial charge in [-0.05, 0) is 18.2 Å². The highest BCUT2D eigenvalue weighted by Gasteiger charge is 2.37. The average Bonchev–Trinajstić information content (AvgIpc) is 2.61. The van der Waals surface area contributed by atoms with Crippen molar-refractivity contribution in [2.75, 3.05) is 6.54 Å². The molecule has 0 saturated heterocycles. The number of benzene rings is 2. The van der Waals surface area contributed by atoms with Gasteiger partial charge in [0.05, 0.1) is 5.69 Å². The number of fused-ring (bicyclic) bond motifs is 1. The van der Waals surface area contributed by atoms with Gasteiger partial charge in [-0.3, -0.25) is 9.59 Å². The van der Waals surface area contributed by atoms with Crippen LogP contribution in [0.2, 0.25) is 0 Å². The minimum absolute atomic E-state index is 0.185. The maximum atomic E-state index is 13.5. The summed E-state index contributed by atoms with van der Waals surface area (Å²) in [7, 11) is -4.58. The van der Waals surface area contributed by atoms with Crippen molar-refractivity contribution in [3.05, 3.63) is 54.1 Å². The zero-order chi connectivity index (χ0) is 20.5. The smallest absolute Gasteiger partial charge is 0.324 e. The molecule has 0 radical (unpaired) electrons. The van der Waals surface area contributed by atoms with E-state index in [9.17, 15) is 26.8 Å². The molecule has 0 spiro atoms. The molecule has 0 bridgehead atoms. The van der Waals surface area contributed by atoms with Crippen LogP contribution in [0.25, 0.3) is 0 Å². The summed E-state index contributed by atoms with van der Waals surface area (Å²) >= 11 is 0. The fraction of sp³-hybridized carbons (Fsp3) is 0.118. The van der Waals surface area contributed by atoms with Crippen LogP contribution in [-0.2, 0) is 19.6 Å². The summed E-state index contributed by atoms with van der Waals surface area (Å²) in [5, 5.41) is 9.02. The van der Waals surface area contributed by atoms with Crippen molar-refractivity contribution in [2.45, 2.75) is 11.3 Å². The number of hydrogen-bond acceptors (Lipinski definition) is 6. The first-order valence-electron chi connectivity index (χ1n) is 7.75. The number of ether oxygens (including phenoxy) is 1. The van der Waals surface area contributed by atoms with Crippen molar-refractivity contribution in [2.24, 2.45) is 4.99 Å². The number of aliphatic imine (C=N–C) groups is 1. The van der Waals surface area contributed by atoms with E-state index in [1.165, 1.54) is 12.1 Å². The predicted octanol–water partition coefficient (Wildman–Crippen LogP) is 2.08. The van der Waals surface area contributed by atoms with Crippen molar-refractivity contribution >= 4 is 33.5 Å². The van der Waals surface area contributed by atoms with Gasteiger partial charge in [0.25, 0.3) is 10.0 Å². The zero-order valence-electron chi connectivity index (χ0n) is 14.0. The molecule has 8 nitrogen and oxygen atoms in total. The van der Waals surface area contributed by atoms with Crippen molar-refractivity contribution in [1.29, 1.82) is 0 Å². The summed E-state index contributed by atoms with van der Waals surface area (Å²) in [4.78, 5) is 26.4. The lowest BCUT2D eigenvalue weighted by atomic mass is 10.3. The molecule has 0 fully saturated rings. The quantitative estimate of drug-likeness (QED) is 0.596. The zero-order valence-corrected chi connectivity index (χ0v) is 14.8. The summed E-state index contributed by atoms with van der Waals surface area (Å²) < 4.78 is 57.8. The number of aliphatic carboxylic acids is 1. The van der Waals surface area contributed by atoms with E-state index < -0.39 is 63.0 Å². The number of halogens is 2. The van der Waals surface area contributed by atoms with E-state index in [1.54, 1.807) is 18.2 Å². The normalized spacial score (nSPS) is 14.8. The number of carbonyl (C=O) groups excluding carboxylic acids is 1. The molecule has 0 atom stereocenters. The highest BCUT2D eigenvalue weighted by molar-refractivity contribution is 7.90. The number of hydrogen-bond donors (Lipinski definition) is 1. The van der Waals surface area contributed by atoms with Crippen LogP contribution in [0.4, 0.5) is 14.5 Å². The Labute approximate surface area is 157 Å². The molecular weight excluding hydrogens is 398 g/mol. The Morgan fingerprint density at radius 1 is 1.11 bits per heavy atom. The van der Waals surface area contributed by atoms with Crippen LogP contribution in [0.1, 0.15) is 6.42 Å². The van der Waals surface area contributed by atoms with Crippen molar-refractivity contribution < 1.29 is 36.6 Å². The molecule has 1 aliphatic rings. The first-order valence-corrected chi connectivity index (χ1v) is 9.19. The van der Waals surface area contributed by atoms with Gasteiger partial charge in [-0.25, -0.2) is 26.5 Å². The molecule has 0 aliphatic carbocycles. The first kappa shape index (κ1) is 19.4. The van der Waals surface area contributed by atoms with Gasteiger partial charge >= 0.3 is 11.9 Å². The number of amidine groups is 1. The van der Waals surface area contributed by atoms with Gasteiger partial charge in [0, 0.05) is 6.07 Å². The standard InChI is InChI=1S/C17H12F2N2O6S/c18-11-6-13-14(7-12(11)19)28(25,26)21(9-16(22)23)15(20-13)8-17(24)27-10-4-2-1-3-5-10/h1-7H,8-9H2,(H,22,23). The highest BCUT2D eigenvalue weighted by Crippen LogP contribution is 2.34. The van der Waals surface area contributed by atoms with E-state index >= 15 is 0 Å². The molecular formula is C17H12F2N2O6S. The number of carboxylic acids is 1. The maximum Gasteiger partial charge on any atom is 0.324 e. The third-order valence-corrected chi connectivity index (χ3v) is 5.47. The predicted molar refractivity (Wildman–Crippen MR) is 91.7 cm³/mol. The Morgan fingerprint density at radius 2 is 1.75 bits per heavy atom. The van der Waals surface area contributed by atoms with Crippen LogP contribution in [0.15, 0.2) is 52.4 Å². The van der Waals surface area contributed by atoms with E-state index in [0.717, 1.165) is 0 Å². The number of rotatable bonds is 5. The van der Waals surface area contributed by atoms with Crippen LogP contribution in [0.5, 0.6) is 5.75 Å². The summed E-state index contributed by atoms with van der Waals surface area (Å²) in [5.74, 6) is -5.51. The van der Waals surface area contributed by atoms with Crippen LogP contribution >= 0.6 is 0 Å². The number of nitrogens with zero attached hydrogens (tertiary/aromatic N) is 2. The summed E-state index contributed by atoms with van der Waals surface area (Å²) in [6.45, 7) is -1.06. The molecule has 28 heavy (non-hydrogen) atoms. The molecule has 1 heterocycles. The maximum absolute atomic E-state index is 13.5. The molecule has 146 valence electrons. The lowest BCUT2D eigenvalue weighted by Crippen LogP contribution is -2.43. The van der Waals surface area contributed by atoms with Crippen LogP contribution in [0.3, 0.4) is 0 Å². The summed E-state index contributed by atoms with van der Waals surface area (Å²) in [6, 6.07) is 8.85. The Balaban J connectivity index is 2.00. The van der Waals surface area contributed by atoms with E-state index in [2.05, 4.69) is 4.99 Å². The van der Waals surface area contributed by atoms with Gasteiger partial charge in [-0.15, -0.1) is 0 Å². The molecule has 1 N–H and O–H groups in total. The molecule has 2 aromatic carbocycles. The van der Waals surface area contributed by atoms with Gasteiger partial charge in [0.1, 0.15) is 29.4 Å². The van der Waals surface area contributed by atoms with Gasteiger partial charge in [0.15, 0.2) is 11.6 Å². The Morgan fingerprint density at radius 3 is 2.39 bits per heavy atom. The number of para-hydroxylation sites is 1. The van der Waals surface area contributed by atoms with Crippen LogP contribution < -0.4 is 4.74 Å². The van der Waals surface area contributed by atoms with Gasteiger partial charge in [-0.1, -0.05) is 18.2 Å². The Kier molecular flexibility index (Phi) is 5.10. The topological polar surface area (TPSA) is 113 Å². The molecule has 3 rings (SSSR count). The number of esters is 1. The van der Waals surface area contributed by atoms with E-state index in [-0.39, 0.29) is 5.75 Å². The molecule has 0 unspecified atom stereocenters. The lowest BCUT2D eigenvalue weighted by molar-refractivity contribution is -0.137. The van der Waals surface area contributed by atoms with Crippen molar-refractivity contribution in [3.63, 3.8) is 0 Å². The van der Waals surface area contributed by atoms with Crippen molar-refractivity contribution in [3.8, 4) is 5.75 Å². The van der Waals surface area contributed by atoms with Crippen molar-refractivity contribution in [1.82, 2.24) is 4.31 Å². The largest absolute Gasteiger partial charge is 0.480 e. The van der Waals surface area contributed by atoms with Gasteiger partial charge < -0.3 is 9.84 Å². The Bertz CT molecular complexity index is 1090. The minimum Gasteiger partial charge on any atom is -0.480 e. The molecule has 0 aromatic heterocycles. The highest BCUT2D eigenvalue weighted by atomic mass is 32.2. The average molecular weight is 410 g/mol. The number of carbonyl (C=O) groups is 2. The second-order valence-corrected chi connectivity index (χ2v) is 7.46. The third kappa shape index (κ3) is 3.83. The molecule has 0 amide bonds. The van der Waals surface area contributed by atoms with E-state index in [0.29, 0.717) is 16.4 Å². The third-order valence-electron chi connectivity index (χ3n) is 3.66. The number of sulfonamides is 1. The second-order valence-electron chi connectivity index (χ2n) is 5.63. The van der Waals surface area contributed by atoms with E-state index in [4.69, 9.17) is 9.84 Å².